The van der Waals surface area contributed by atoms with E-state index in [0.717, 1.165) is 0 Å². The fourth-order valence-electron chi connectivity index (χ4n) is 8.94. The van der Waals surface area contributed by atoms with Crippen LogP contribution in [0.25, 0.3) is 22.3 Å². The summed E-state index contributed by atoms with van der Waals surface area (Å²) in [6, 6.07) is 26.2. The van der Waals surface area contributed by atoms with E-state index in [0.29, 0.717) is 74.1 Å². The highest BCUT2D eigenvalue weighted by Crippen LogP contribution is 2.42. The van der Waals surface area contributed by atoms with Gasteiger partial charge in [-0.1, -0.05) is 61.2 Å². The molecule has 3 N–H and O–H groups in total. The van der Waals surface area contributed by atoms with Crippen LogP contribution in [0.15, 0.2) is 201 Å². The van der Waals surface area contributed by atoms with Crippen molar-refractivity contribution in [3.8, 4) is 28.7 Å². The highest BCUT2D eigenvalue weighted by Gasteiger charge is 2.36. The Balaban J connectivity index is 1.06. The van der Waals surface area contributed by atoms with Gasteiger partial charge in [0.2, 0.25) is 11.6 Å². The van der Waals surface area contributed by atoms with Crippen LogP contribution in [0.2, 0.25) is 0 Å². The van der Waals surface area contributed by atoms with Crippen molar-refractivity contribution in [2.24, 2.45) is 20.0 Å². The first-order chi connectivity index (χ1) is 35.0. The van der Waals surface area contributed by atoms with E-state index in [9.17, 15) is 15.3 Å². The van der Waals surface area contributed by atoms with Crippen molar-refractivity contribution in [2.45, 2.75) is 12.4 Å². The molecular formula is C57H38F4N4O7. The van der Waals surface area contributed by atoms with E-state index in [-0.39, 0.29) is 46.7 Å². The van der Waals surface area contributed by atoms with E-state index in [2.05, 4.69) is 6.58 Å². The highest BCUT2D eigenvalue weighted by atomic mass is 19.2. The molecule has 0 saturated carbocycles. The van der Waals surface area contributed by atoms with Crippen LogP contribution in [0.3, 0.4) is 0 Å². The average molecular weight is 967 g/mol. The molecule has 11 nitrogen and oxygen atoms in total. The largest absolute Gasteiger partial charge is 0.508 e. The summed E-state index contributed by atoms with van der Waals surface area (Å²) < 4.78 is 89.5. The number of aliphatic imine (C=N–C) groups is 4. The Labute approximate surface area is 408 Å². The van der Waals surface area contributed by atoms with Gasteiger partial charge in [-0.15, -0.1) is 0 Å². The van der Waals surface area contributed by atoms with Gasteiger partial charge in [0.25, 0.3) is 0 Å². The molecule has 6 aliphatic heterocycles. The number of phenolic OH excluding ortho intramolecular Hbond substituents is 3. The number of rotatable bonds is 11. The Hall–Kier alpha value is -8.92. The minimum Gasteiger partial charge on any atom is -0.508 e. The van der Waals surface area contributed by atoms with Crippen LogP contribution in [0, 0.1) is 23.3 Å². The fourth-order valence-corrected chi connectivity index (χ4v) is 8.94. The van der Waals surface area contributed by atoms with Gasteiger partial charge in [0.15, 0.2) is 23.7 Å². The van der Waals surface area contributed by atoms with Crippen molar-refractivity contribution in [3.63, 3.8) is 0 Å². The third-order valence-electron chi connectivity index (χ3n) is 12.2. The standard InChI is InChI=1S/C57H38F4N4O7/c1-2-24-69-37-14-12-30(13-15-37)57-71-29-38(72-57)28-70-56-54(60)52(58)51(53(59)55(56)61)50-45-22-20-43(64-45)48(32-7-4-10-35(67)26-32)41-18-16-39(62-41)47(31-6-3-9-34(66)25-31)40-17-19-42(63-40)49(44-21-23-46(50)65-44)33-8-5-11-36(68)27-33/h2-23,25-27,38,57,66-68H,1,24,28-29H2. The Kier molecular flexibility index (Phi) is 11.9. The molecule has 0 aromatic heterocycles. The Morgan fingerprint density at radius 2 is 0.972 bits per heavy atom. The van der Waals surface area contributed by atoms with Crippen LogP contribution in [-0.4, -0.2) is 64.1 Å². The van der Waals surface area contributed by atoms with Gasteiger partial charge in [0.1, 0.15) is 42.3 Å². The first-order valence-corrected chi connectivity index (χ1v) is 22.5. The predicted molar refractivity (Wildman–Crippen MR) is 266 cm³/mol. The Morgan fingerprint density at radius 1 is 0.542 bits per heavy atom. The third-order valence-corrected chi connectivity index (χ3v) is 12.2. The SMILES string of the molecule is C=CCOc1ccc(C2OCC(COc3c(F)c(F)c(C4=C5C=CC(=N5)C(c5cccc(O)c5)=C5C=CC(=N5)C(c5cccc(O)c5)=C5C=CC(=N5)C(c5cccc(O)c5)=C5C=CC4=N5)c(F)c3F)O2)cc1. The van der Waals surface area contributed by atoms with Gasteiger partial charge in [0.05, 0.1) is 57.8 Å². The molecule has 5 aromatic carbocycles. The minimum atomic E-state index is -1.81. The maximum Gasteiger partial charge on any atom is 0.204 e. The van der Waals surface area contributed by atoms with Crippen LogP contribution in [-0.2, 0) is 9.47 Å². The number of halogens is 4. The van der Waals surface area contributed by atoms with Gasteiger partial charge < -0.3 is 34.3 Å². The average Bonchev–Trinajstić information content (AvgIpc) is 4.26. The fraction of sp³-hybridized carbons (Fsp3) is 0.0877. The van der Waals surface area contributed by atoms with Crippen molar-refractivity contribution >= 4 is 45.1 Å². The number of nitrogens with zero attached hydrogens (tertiary/aromatic N) is 4. The molecule has 5 aromatic rings. The number of hydrogen-bond acceptors (Lipinski definition) is 11. The monoisotopic (exact) mass is 966 g/mol. The summed E-state index contributed by atoms with van der Waals surface area (Å²) in [4.78, 5) is 19.9. The second-order valence-corrected chi connectivity index (χ2v) is 16.9. The summed E-state index contributed by atoms with van der Waals surface area (Å²) in [5.41, 5.74) is 3.74. The number of aromatic hydroxyl groups is 3. The molecular weight excluding hydrogens is 929 g/mol. The lowest BCUT2D eigenvalue weighted by Gasteiger charge is -2.17. The van der Waals surface area contributed by atoms with Gasteiger partial charge in [-0.2, -0.15) is 8.78 Å². The summed E-state index contributed by atoms with van der Waals surface area (Å²) in [7, 11) is 0. The molecule has 15 heteroatoms. The van der Waals surface area contributed by atoms with Crippen LogP contribution in [0.1, 0.15) is 34.1 Å². The molecule has 8 bridgehead atoms. The number of ether oxygens (including phenoxy) is 4. The van der Waals surface area contributed by atoms with E-state index >= 15 is 17.6 Å². The van der Waals surface area contributed by atoms with Crippen molar-refractivity contribution in [1.29, 1.82) is 0 Å². The molecule has 356 valence electrons. The summed E-state index contributed by atoms with van der Waals surface area (Å²) in [6.07, 6.45) is 12.9. The van der Waals surface area contributed by atoms with Crippen molar-refractivity contribution < 1.29 is 51.8 Å². The maximum absolute atomic E-state index is 17.0. The van der Waals surface area contributed by atoms with Crippen LogP contribution >= 0.6 is 0 Å². The van der Waals surface area contributed by atoms with Gasteiger partial charge >= 0.3 is 0 Å². The Morgan fingerprint density at radius 3 is 1.40 bits per heavy atom. The first kappa shape index (κ1) is 45.5. The quantitative estimate of drug-likeness (QED) is 0.0678. The van der Waals surface area contributed by atoms with Gasteiger partial charge in [-0.3, -0.25) is 0 Å². The zero-order valence-corrected chi connectivity index (χ0v) is 37.7. The topological polar surface area (TPSA) is 147 Å². The molecule has 1 fully saturated rings. The molecule has 0 spiro atoms. The van der Waals surface area contributed by atoms with Gasteiger partial charge in [-0.05, 0) is 114 Å². The van der Waals surface area contributed by atoms with Crippen molar-refractivity contribution in [2.75, 3.05) is 19.8 Å². The van der Waals surface area contributed by atoms with Crippen molar-refractivity contribution in [1.82, 2.24) is 0 Å². The maximum atomic E-state index is 17.0. The minimum absolute atomic E-state index is 0.00494. The zero-order chi connectivity index (χ0) is 49.6. The van der Waals surface area contributed by atoms with E-state index in [1.165, 1.54) is 36.4 Å². The lowest BCUT2D eigenvalue weighted by atomic mass is 9.96. The zero-order valence-electron chi connectivity index (χ0n) is 37.7. The lowest BCUT2D eigenvalue weighted by Crippen LogP contribution is -2.21. The van der Waals surface area contributed by atoms with Gasteiger partial charge in [0, 0.05) is 27.9 Å². The molecule has 11 rings (SSSR count). The van der Waals surface area contributed by atoms with E-state index in [1.54, 1.807) is 109 Å². The second-order valence-electron chi connectivity index (χ2n) is 16.9. The van der Waals surface area contributed by atoms with E-state index < -0.39 is 59.2 Å². The number of hydrogen-bond donors (Lipinski definition) is 3. The van der Waals surface area contributed by atoms with Gasteiger partial charge in [-0.25, -0.2) is 28.8 Å². The van der Waals surface area contributed by atoms with E-state index in [4.69, 9.17) is 38.9 Å². The summed E-state index contributed by atoms with van der Waals surface area (Å²) in [5, 5.41) is 32.0. The molecule has 6 heterocycles. The van der Waals surface area contributed by atoms with Crippen LogP contribution in [0.5, 0.6) is 28.7 Å². The number of benzene rings is 5. The number of allylic oxidation sites excluding steroid dienone is 12. The first-order valence-electron chi connectivity index (χ1n) is 22.5. The molecule has 0 aliphatic carbocycles. The molecule has 1 saturated heterocycles. The molecule has 2 atom stereocenters. The number of fused-ring (bicyclic) bond motifs is 4. The molecule has 0 radical (unpaired) electrons. The van der Waals surface area contributed by atoms with Crippen molar-refractivity contribution in [3.05, 3.63) is 232 Å². The highest BCUT2D eigenvalue weighted by molar-refractivity contribution is 6.39. The summed E-state index contributed by atoms with van der Waals surface area (Å²) >= 11 is 0. The molecule has 2 unspecified atom stereocenters. The number of phenols is 3. The molecule has 72 heavy (non-hydrogen) atoms. The lowest BCUT2D eigenvalue weighted by molar-refractivity contribution is -0.0662. The van der Waals surface area contributed by atoms with Crippen LogP contribution < -0.4 is 9.47 Å². The third kappa shape index (κ3) is 8.50. The summed E-state index contributed by atoms with van der Waals surface area (Å²) in [6.45, 7) is 3.37. The van der Waals surface area contributed by atoms with E-state index in [1.807, 2.05) is 6.07 Å². The molecule has 0 amide bonds. The van der Waals surface area contributed by atoms with Crippen LogP contribution in [0.4, 0.5) is 17.6 Å². The predicted octanol–water partition coefficient (Wildman–Crippen LogP) is 11.4. The summed E-state index contributed by atoms with van der Waals surface area (Å²) in [5.74, 6) is -8.04. The Bertz CT molecular complexity index is 3480. The smallest absolute Gasteiger partial charge is 0.204 e. The molecule has 6 aliphatic rings. The normalized spacial score (nSPS) is 18.9. The second kappa shape index (κ2) is 18.8.